The predicted octanol–water partition coefficient (Wildman–Crippen LogP) is 1.21. The lowest BCUT2D eigenvalue weighted by molar-refractivity contribution is -0.142. The number of rotatable bonds is 6. The van der Waals surface area contributed by atoms with E-state index in [0.29, 0.717) is 5.69 Å². The lowest BCUT2D eigenvalue weighted by atomic mass is 10.2. The van der Waals surface area contributed by atoms with Crippen LogP contribution in [0.1, 0.15) is 5.69 Å². The smallest absolute Gasteiger partial charge is 0.317 e. The first-order chi connectivity index (χ1) is 9.54. The molecule has 0 saturated carbocycles. The van der Waals surface area contributed by atoms with Gasteiger partial charge in [0.05, 0.1) is 24.3 Å². The summed E-state index contributed by atoms with van der Waals surface area (Å²) in [6, 6.07) is 11.2. The second kappa shape index (κ2) is 6.12. The van der Waals surface area contributed by atoms with Crippen LogP contribution in [-0.4, -0.2) is 45.1 Å². The standard InChI is InChI=1S/C14H14N2O4/c17-13(18)8-16(9-14(19)20)7-11-6-5-10-3-1-2-4-12(10)15-11/h1-6H,7-9H2,(H,17,18)(H,19,20). The van der Waals surface area contributed by atoms with Gasteiger partial charge in [-0.3, -0.25) is 19.5 Å². The fourth-order valence-electron chi connectivity index (χ4n) is 1.98. The van der Waals surface area contributed by atoms with Crippen LogP contribution >= 0.6 is 0 Å². The zero-order valence-electron chi connectivity index (χ0n) is 10.7. The molecule has 6 nitrogen and oxygen atoms in total. The van der Waals surface area contributed by atoms with Gasteiger partial charge in [-0.2, -0.15) is 0 Å². The molecule has 0 bridgehead atoms. The molecule has 2 N–H and O–H groups in total. The third kappa shape index (κ3) is 3.76. The highest BCUT2D eigenvalue weighted by Crippen LogP contribution is 2.13. The van der Waals surface area contributed by atoms with E-state index in [1.165, 1.54) is 4.90 Å². The van der Waals surface area contributed by atoms with Crippen molar-refractivity contribution in [2.75, 3.05) is 13.1 Å². The molecule has 2 rings (SSSR count). The Balaban J connectivity index is 2.18. The summed E-state index contributed by atoms with van der Waals surface area (Å²) in [5.41, 5.74) is 1.45. The summed E-state index contributed by atoms with van der Waals surface area (Å²) in [5.74, 6) is -2.13. The summed E-state index contributed by atoms with van der Waals surface area (Å²) < 4.78 is 0. The topological polar surface area (TPSA) is 90.7 Å². The van der Waals surface area contributed by atoms with Crippen molar-refractivity contribution >= 4 is 22.8 Å². The third-order valence-corrected chi connectivity index (χ3v) is 2.76. The maximum absolute atomic E-state index is 10.7. The van der Waals surface area contributed by atoms with Crippen LogP contribution in [0.4, 0.5) is 0 Å². The lowest BCUT2D eigenvalue weighted by Crippen LogP contribution is -2.34. The summed E-state index contributed by atoms with van der Waals surface area (Å²) >= 11 is 0. The average molecular weight is 274 g/mol. The number of carboxylic acids is 2. The number of hydrogen-bond donors (Lipinski definition) is 2. The van der Waals surface area contributed by atoms with Crippen molar-refractivity contribution in [3.05, 3.63) is 42.1 Å². The van der Waals surface area contributed by atoms with E-state index in [4.69, 9.17) is 10.2 Å². The number of aliphatic carboxylic acids is 2. The maximum Gasteiger partial charge on any atom is 0.317 e. The molecule has 1 heterocycles. The van der Waals surface area contributed by atoms with Crippen LogP contribution in [-0.2, 0) is 16.1 Å². The molecular formula is C14H14N2O4. The Morgan fingerprint density at radius 3 is 2.30 bits per heavy atom. The molecule has 0 spiro atoms. The molecule has 0 unspecified atom stereocenters. The normalized spacial score (nSPS) is 10.8. The summed E-state index contributed by atoms with van der Waals surface area (Å²) in [4.78, 5) is 27.2. The minimum absolute atomic E-state index is 0.184. The van der Waals surface area contributed by atoms with E-state index in [1.807, 2.05) is 30.3 Å². The van der Waals surface area contributed by atoms with E-state index in [-0.39, 0.29) is 19.6 Å². The molecule has 104 valence electrons. The maximum atomic E-state index is 10.7. The molecule has 0 fully saturated rings. The van der Waals surface area contributed by atoms with Crippen LogP contribution in [0, 0.1) is 0 Å². The second-order valence-electron chi connectivity index (χ2n) is 4.43. The number of nitrogens with zero attached hydrogens (tertiary/aromatic N) is 2. The van der Waals surface area contributed by atoms with Gasteiger partial charge >= 0.3 is 11.9 Å². The van der Waals surface area contributed by atoms with E-state index in [9.17, 15) is 9.59 Å². The average Bonchev–Trinajstić information content (AvgIpc) is 2.37. The number of benzene rings is 1. The van der Waals surface area contributed by atoms with Crippen LogP contribution in [0.2, 0.25) is 0 Å². The van der Waals surface area contributed by atoms with E-state index in [1.54, 1.807) is 6.07 Å². The van der Waals surface area contributed by atoms with E-state index in [2.05, 4.69) is 4.98 Å². The summed E-state index contributed by atoms with van der Waals surface area (Å²) in [7, 11) is 0. The Morgan fingerprint density at radius 2 is 1.65 bits per heavy atom. The number of aromatic nitrogens is 1. The van der Waals surface area contributed by atoms with Gasteiger partial charge in [0.25, 0.3) is 0 Å². The van der Waals surface area contributed by atoms with Crippen molar-refractivity contribution in [2.24, 2.45) is 0 Å². The summed E-state index contributed by atoms with van der Waals surface area (Å²) in [6.07, 6.45) is 0. The Labute approximate surface area is 115 Å². The summed E-state index contributed by atoms with van der Waals surface area (Å²) in [5, 5.41) is 18.6. The van der Waals surface area contributed by atoms with Crippen LogP contribution in [0.25, 0.3) is 10.9 Å². The van der Waals surface area contributed by atoms with Crippen molar-refractivity contribution in [2.45, 2.75) is 6.54 Å². The second-order valence-corrected chi connectivity index (χ2v) is 4.43. The molecule has 0 aliphatic rings. The number of carbonyl (C=O) groups is 2. The van der Waals surface area contributed by atoms with E-state index >= 15 is 0 Å². The fraction of sp³-hybridized carbons (Fsp3) is 0.214. The van der Waals surface area contributed by atoms with Crippen molar-refractivity contribution in [1.29, 1.82) is 0 Å². The zero-order chi connectivity index (χ0) is 14.5. The highest BCUT2D eigenvalue weighted by atomic mass is 16.4. The van der Waals surface area contributed by atoms with E-state index in [0.717, 1.165) is 10.9 Å². The Hall–Kier alpha value is -2.47. The van der Waals surface area contributed by atoms with Gasteiger partial charge in [-0.1, -0.05) is 24.3 Å². The number of fused-ring (bicyclic) bond motifs is 1. The highest BCUT2D eigenvalue weighted by molar-refractivity contribution is 5.78. The molecule has 0 radical (unpaired) electrons. The van der Waals surface area contributed by atoms with Crippen molar-refractivity contribution in [3.8, 4) is 0 Å². The number of pyridine rings is 1. The highest BCUT2D eigenvalue weighted by Gasteiger charge is 2.14. The molecule has 2 aromatic rings. The molecule has 0 aliphatic heterocycles. The molecule has 0 aliphatic carbocycles. The molecule has 1 aromatic carbocycles. The van der Waals surface area contributed by atoms with Crippen molar-refractivity contribution in [3.63, 3.8) is 0 Å². The Bertz CT molecular complexity index is 626. The first-order valence-electron chi connectivity index (χ1n) is 6.05. The molecule has 6 heteroatoms. The van der Waals surface area contributed by atoms with Crippen molar-refractivity contribution < 1.29 is 19.8 Å². The van der Waals surface area contributed by atoms with Crippen LogP contribution in [0.5, 0.6) is 0 Å². The Kier molecular flexibility index (Phi) is 4.27. The molecule has 0 amide bonds. The molecule has 0 atom stereocenters. The third-order valence-electron chi connectivity index (χ3n) is 2.76. The van der Waals surface area contributed by atoms with Gasteiger partial charge in [0, 0.05) is 11.9 Å². The number of para-hydroxylation sites is 1. The van der Waals surface area contributed by atoms with Gasteiger partial charge < -0.3 is 10.2 Å². The lowest BCUT2D eigenvalue weighted by Gasteiger charge is -2.17. The fourth-order valence-corrected chi connectivity index (χ4v) is 1.98. The molecule has 0 saturated heterocycles. The number of hydrogen-bond acceptors (Lipinski definition) is 4. The first-order valence-corrected chi connectivity index (χ1v) is 6.05. The van der Waals surface area contributed by atoms with Crippen molar-refractivity contribution in [1.82, 2.24) is 9.88 Å². The van der Waals surface area contributed by atoms with Gasteiger partial charge in [0.1, 0.15) is 0 Å². The molecule has 1 aromatic heterocycles. The van der Waals surface area contributed by atoms with Gasteiger partial charge in [0.15, 0.2) is 0 Å². The van der Waals surface area contributed by atoms with Gasteiger partial charge in [-0.15, -0.1) is 0 Å². The minimum atomic E-state index is -1.06. The molecule has 20 heavy (non-hydrogen) atoms. The zero-order valence-corrected chi connectivity index (χ0v) is 10.7. The SMILES string of the molecule is O=C(O)CN(CC(=O)O)Cc1ccc2ccccc2n1. The monoisotopic (exact) mass is 274 g/mol. The van der Waals surface area contributed by atoms with Crippen LogP contribution in [0.15, 0.2) is 36.4 Å². The van der Waals surface area contributed by atoms with Gasteiger partial charge in [0.2, 0.25) is 0 Å². The Morgan fingerprint density at radius 1 is 1.00 bits per heavy atom. The van der Waals surface area contributed by atoms with Gasteiger partial charge in [-0.25, -0.2) is 0 Å². The van der Waals surface area contributed by atoms with Gasteiger partial charge in [-0.05, 0) is 12.1 Å². The van der Waals surface area contributed by atoms with Crippen LogP contribution in [0.3, 0.4) is 0 Å². The first kappa shape index (κ1) is 14.0. The number of carboxylic acid groups (broad SMARTS) is 2. The largest absolute Gasteiger partial charge is 0.480 e. The quantitative estimate of drug-likeness (QED) is 0.822. The summed E-state index contributed by atoms with van der Waals surface area (Å²) in [6.45, 7) is -0.481. The van der Waals surface area contributed by atoms with E-state index < -0.39 is 11.9 Å². The predicted molar refractivity (Wildman–Crippen MR) is 72.3 cm³/mol. The molecular weight excluding hydrogens is 260 g/mol. The van der Waals surface area contributed by atoms with Crippen LogP contribution < -0.4 is 0 Å². The minimum Gasteiger partial charge on any atom is -0.480 e.